The lowest BCUT2D eigenvalue weighted by Gasteiger charge is -2.09. The third-order valence-corrected chi connectivity index (χ3v) is 3.11. The summed E-state index contributed by atoms with van der Waals surface area (Å²) in [5.74, 6) is 0.604. The average molecular weight is 325 g/mol. The number of nitrogens with two attached hydrogens (primary N) is 1. The molecule has 2 aromatic rings. The Morgan fingerprint density at radius 1 is 1.55 bits per heavy atom. The van der Waals surface area contributed by atoms with Gasteiger partial charge in [0, 0.05) is 30.7 Å². The van der Waals surface area contributed by atoms with Gasteiger partial charge in [0.2, 0.25) is 17.6 Å². The number of hydrogen-bond acceptors (Lipinski definition) is 6. The number of hydrogen-bond donors (Lipinski definition) is 2. The van der Waals surface area contributed by atoms with E-state index in [2.05, 4.69) is 15.5 Å². The van der Waals surface area contributed by atoms with Crippen molar-refractivity contribution in [3.8, 4) is 11.4 Å². The van der Waals surface area contributed by atoms with Crippen LogP contribution in [0.1, 0.15) is 5.89 Å². The standard InChI is InChI=1S/C14H17ClN4O3/c1-21-8-11(16)14(20)17-6-5-12-18-13(19-22-12)9-3-2-4-10(15)7-9/h2-4,7,11H,5-6,8,16H2,1H3,(H,17,20). The van der Waals surface area contributed by atoms with E-state index < -0.39 is 6.04 Å². The highest BCUT2D eigenvalue weighted by Crippen LogP contribution is 2.19. The van der Waals surface area contributed by atoms with Gasteiger partial charge < -0.3 is 20.3 Å². The van der Waals surface area contributed by atoms with E-state index in [0.29, 0.717) is 29.7 Å². The van der Waals surface area contributed by atoms with E-state index in [4.69, 9.17) is 26.6 Å². The first-order valence-corrected chi connectivity index (χ1v) is 7.08. The molecule has 1 heterocycles. The molecule has 8 heteroatoms. The molecule has 0 radical (unpaired) electrons. The quantitative estimate of drug-likeness (QED) is 0.788. The molecule has 22 heavy (non-hydrogen) atoms. The van der Waals surface area contributed by atoms with Crippen molar-refractivity contribution in [2.45, 2.75) is 12.5 Å². The maximum atomic E-state index is 11.6. The fraction of sp³-hybridized carbons (Fsp3) is 0.357. The number of carbonyl (C=O) groups is 1. The van der Waals surface area contributed by atoms with Crippen molar-refractivity contribution >= 4 is 17.5 Å². The van der Waals surface area contributed by atoms with Crippen molar-refractivity contribution in [3.05, 3.63) is 35.2 Å². The summed E-state index contributed by atoms with van der Waals surface area (Å²) in [6.45, 7) is 0.527. The van der Waals surface area contributed by atoms with Crippen LogP contribution in [0, 0.1) is 0 Å². The van der Waals surface area contributed by atoms with Crippen LogP contribution in [0.4, 0.5) is 0 Å². The minimum atomic E-state index is -0.685. The third kappa shape index (κ3) is 4.52. The summed E-state index contributed by atoms with van der Waals surface area (Å²) < 4.78 is 9.95. The van der Waals surface area contributed by atoms with Gasteiger partial charge in [-0.2, -0.15) is 4.98 Å². The van der Waals surface area contributed by atoms with Gasteiger partial charge in [-0.15, -0.1) is 0 Å². The maximum Gasteiger partial charge on any atom is 0.239 e. The second kappa shape index (κ2) is 7.88. The van der Waals surface area contributed by atoms with Crippen molar-refractivity contribution in [2.75, 3.05) is 20.3 Å². The number of nitrogens with zero attached hydrogens (tertiary/aromatic N) is 2. The average Bonchev–Trinajstić information content (AvgIpc) is 2.96. The Morgan fingerprint density at radius 3 is 3.09 bits per heavy atom. The second-order valence-electron chi connectivity index (χ2n) is 4.62. The Morgan fingerprint density at radius 2 is 2.36 bits per heavy atom. The van der Waals surface area contributed by atoms with Crippen molar-refractivity contribution in [2.24, 2.45) is 5.73 Å². The molecule has 1 atom stereocenters. The minimum absolute atomic E-state index is 0.172. The Kier molecular flexibility index (Phi) is 5.88. The molecule has 0 saturated carbocycles. The van der Waals surface area contributed by atoms with Crippen LogP contribution in [0.15, 0.2) is 28.8 Å². The van der Waals surface area contributed by atoms with Crippen molar-refractivity contribution < 1.29 is 14.1 Å². The minimum Gasteiger partial charge on any atom is -0.383 e. The van der Waals surface area contributed by atoms with Crippen LogP contribution in [-0.4, -0.2) is 42.4 Å². The summed E-state index contributed by atoms with van der Waals surface area (Å²) in [4.78, 5) is 15.8. The topological polar surface area (TPSA) is 103 Å². The van der Waals surface area contributed by atoms with Crippen LogP contribution in [0.3, 0.4) is 0 Å². The molecule has 7 nitrogen and oxygen atoms in total. The zero-order valence-electron chi connectivity index (χ0n) is 12.1. The molecule has 0 aliphatic heterocycles. The third-order valence-electron chi connectivity index (χ3n) is 2.87. The van der Waals surface area contributed by atoms with E-state index >= 15 is 0 Å². The highest BCUT2D eigenvalue weighted by atomic mass is 35.5. The smallest absolute Gasteiger partial charge is 0.239 e. The molecule has 118 valence electrons. The molecule has 0 aliphatic rings. The van der Waals surface area contributed by atoms with Gasteiger partial charge in [0.1, 0.15) is 6.04 Å². The number of benzene rings is 1. The van der Waals surface area contributed by atoms with Gasteiger partial charge in [-0.3, -0.25) is 4.79 Å². The lowest BCUT2D eigenvalue weighted by Crippen LogP contribution is -2.44. The Hall–Kier alpha value is -1.96. The van der Waals surface area contributed by atoms with E-state index in [-0.39, 0.29) is 12.5 Å². The predicted octanol–water partition coefficient (Wildman–Crippen LogP) is 1.02. The van der Waals surface area contributed by atoms with Gasteiger partial charge >= 0.3 is 0 Å². The van der Waals surface area contributed by atoms with Crippen molar-refractivity contribution in [1.29, 1.82) is 0 Å². The number of nitrogens with one attached hydrogen (secondary N) is 1. The van der Waals surface area contributed by atoms with Crippen LogP contribution >= 0.6 is 11.6 Å². The summed E-state index contributed by atoms with van der Waals surface area (Å²) in [6.07, 6.45) is 0.416. The Bertz CT molecular complexity index is 632. The van der Waals surface area contributed by atoms with Crippen molar-refractivity contribution in [3.63, 3.8) is 0 Å². The highest BCUT2D eigenvalue weighted by Gasteiger charge is 2.13. The summed E-state index contributed by atoms with van der Waals surface area (Å²) in [6, 6.07) is 6.48. The van der Waals surface area contributed by atoms with Gasteiger partial charge in [-0.1, -0.05) is 28.9 Å². The first-order valence-electron chi connectivity index (χ1n) is 6.71. The number of methoxy groups -OCH3 is 1. The molecule has 0 bridgehead atoms. The molecule has 3 N–H and O–H groups in total. The molecule has 0 fully saturated rings. The van der Waals surface area contributed by atoms with Crippen LogP contribution in [0.5, 0.6) is 0 Å². The van der Waals surface area contributed by atoms with Crippen LogP contribution < -0.4 is 11.1 Å². The lowest BCUT2D eigenvalue weighted by molar-refractivity contribution is -0.123. The zero-order chi connectivity index (χ0) is 15.9. The summed E-state index contributed by atoms with van der Waals surface area (Å²) in [5, 5.41) is 7.17. The molecule has 0 spiro atoms. The summed E-state index contributed by atoms with van der Waals surface area (Å²) in [5.41, 5.74) is 6.37. The molecular formula is C14H17ClN4O3. The normalized spacial score (nSPS) is 12.1. The fourth-order valence-electron chi connectivity index (χ4n) is 1.78. The Labute approximate surface area is 132 Å². The van der Waals surface area contributed by atoms with E-state index in [1.54, 1.807) is 12.1 Å². The van der Waals surface area contributed by atoms with E-state index in [1.165, 1.54) is 7.11 Å². The SMILES string of the molecule is COCC(N)C(=O)NCCc1nc(-c2cccc(Cl)c2)no1. The summed E-state index contributed by atoms with van der Waals surface area (Å²) >= 11 is 5.92. The summed E-state index contributed by atoms with van der Waals surface area (Å²) in [7, 11) is 1.49. The second-order valence-corrected chi connectivity index (χ2v) is 5.06. The van der Waals surface area contributed by atoms with Crippen LogP contribution in [-0.2, 0) is 16.0 Å². The van der Waals surface area contributed by atoms with E-state index in [0.717, 1.165) is 5.56 Å². The molecule has 1 aromatic heterocycles. The number of aromatic nitrogens is 2. The molecular weight excluding hydrogens is 308 g/mol. The van der Waals surface area contributed by atoms with Gasteiger partial charge in [-0.05, 0) is 12.1 Å². The van der Waals surface area contributed by atoms with Crippen LogP contribution in [0.25, 0.3) is 11.4 Å². The number of ether oxygens (including phenoxy) is 1. The highest BCUT2D eigenvalue weighted by molar-refractivity contribution is 6.30. The number of rotatable bonds is 7. The first kappa shape index (κ1) is 16.4. The van der Waals surface area contributed by atoms with E-state index in [1.807, 2.05) is 12.1 Å². The molecule has 1 aromatic carbocycles. The number of amides is 1. The largest absolute Gasteiger partial charge is 0.383 e. The molecule has 0 saturated heterocycles. The lowest BCUT2D eigenvalue weighted by atomic mass is 10.2. The zero-order valence-corrected chi connectivity index (χ0v) is 12.8. The van der Waals surface area contributed by atoms with E-state index in [9.17, 15) is 4.79 Å². The van der Waals surface area contributed by atoms with Gasteiger partial charge in [0.25, 0.3) is 0 Å². The molecule has 1 unspecified atom stereocenters. The monoisotopic (exact) mass is 324 g/mol. The number of carbonyl (C=O) groups excluding carboxylic acids is 1. The molecule has 1 amide bonds. The maximum absolute atomic E-state index is 11.6. The Balaban J connectivity index is 1.86. The fourth-order valence-corrected chi connectivity index (χ4v) is 1.97. The number of halogens is 1. The van der Waals surface area contributed by atoms with Gasteiger partial charge in [-0.25, -0.2) is 0 Å². The van der Waals surface area contributed by atoms with Gasteiger partial charge in [0.15, 0.2) is 0 Å². The molecule has 0 aliphatic carbocycles. The van der Waals surface area contributed by atoms with Crippen LogP contribution in [0.2, 0.25) is 5.02 Å². The molecule has 2 rings (SSSR count). The van der Waals surface area contributed by atoms with Crippen molar-refractivity contribution in [1.82, 2.24) is 15.5 Å². The van der Waals surface area contributed by atoms with Gasteiger partial charge in [0.05, 0.1) is 6.61 Å². The first-order chi connectivity index (χ1) is 10.6. The predicted molar refractivity (Wildman–Crippen MR) is 81.3 cm³/mol.